The molecule has 150 valence electrons. The standard InChI is InChI=1S/C23H30N2O3/c1-15(2)16-3-5-17(6-4-16)18-7-8-22(9-18)12-25(13-22)20(26)19-10-23(11-19)14-28-21(27)24-23/h3-6,15,18-19H,7-14H2,1-2H3,(H,24,27). The molecule has 2 heterocycles. The van der Waals surface area contributed by atoms with E-state index in [9.17, 15) is 9.59 Å². The predicted octanol–water partition coefficient (Wildman–Crippen LogP) is 3.79. The van der Waals surface area contributed by atoms with Crippen LogP contribution in [0.25, 0.3) is 0 Å². The number of nitrogens with one attached hydrogen (secondary N) is 1. The van der Waals surface area contributed by atoms with Crippen molar-refractivity contribution in [2.45, 2.75) is 63.3 Å². The summed E-state index contributed by atoms with van der Waals surface area (Å²) < 4.78 is 5.01. The zero-order chi connectivity index (χ0) is 19.5. The molecule has 4 aliphatic rings. The molecule has 0 aromatic heterocycles. The number of carbonyl (C=O) groups excluding carboxylic acids is 2. The smallest absolute Gasteiger partial charge is 0.407 e. The average Bonchev–Trinajstić information content (AvgIpc) is 3.23. The minimum Gasteiger partial charge on any atom is -0.447 e. The zero-order valence-electron chi connectivity index (χ0n) is 16.9. The van der Waals surface area contributed by atoms with Gasteiger partial charge in [0, 0.05) is 24.4 Å². The quantitative estimate of drug-likeness (QED) is 0.865. The normalized spacial score (nSPS) is 33.0. The number of ether oxygens (including phenoxy) is 1. The van der Waals surface area contributed by atoms with E-state index < -0.39 is 0 Å². The van der Waals surface area contributed by atoms with Crippen LogP contribution in [0.3, 0.4) is 0 Å². The average molecular weight is 383 g/mol. The molecule has 28 heavy (non-hydrogen) atoms. The van der Waals surface area contributed by atoms with E-state index in [4.69, 9.17) is 4.74 Å². The predicted molar refractivity (Wildman–Crippen MR) is 106 cm³/mol. The van der Waals surface area contributed by atoms with Crippen molar-refractivity contribution in [3.05, 3.63) is 35.4 Å². The number of likely N-dealkylation sites (tertiary alicyclic amines) is 1. The summed E-state index contributed by atoms with van der Waals surface area (Å²) in [5.41, 5.74) is 2.94. The number of amides is 2. The van der Waals surface area contributed by atoms with Crippen LogP contribution in [0, 0.1) is 11.3 Å². The third-order valence-corrected chi connectivity index (χ3v) is 7.61. The van der Waals surface area contributed by atoms with E-state index in [1.54, 1.807) is 0 Å². The molecule has 0 radical (unpaired) electrons. The number of alkyl carbamates (subject to hydrolysis) is 1. The molecule has 2 spiro atoms. The molecule has 0 bridgehead atoms. The second-order valence-electron chi connectivity index (χ2n) is 10.0. The van der Waals surface area contributed by atoms with Crippen molar-refractivity contribution >= 4 is 12.0 Å². The molecule has 4 fully saturated rings. The summed E-state index contributed by atoms with van der Waals surface area (Å²) in [6, 6.07) is 9.18. The minimum absolute atomic E-state index is 0.0557. The topological polar surface area (TPSA) is 58.6 Å². The van der Waals surface area contributed by atoms with E-state index >= 15 is 0 Å². The number of benzene rings is 1. The highest BCUT2D eigenvalue weighted by molar-refractivity contribution is 5.82. The van der Waals surface area contributed by atoms with Gasteiger partial charge in [0.25, 0.3) is 0 Å². The molecule has 2 aliphatic carbocycles. The van der Waals surface area contributed by atoms with Gasteiger partial charge in [-0.2, -0.15) is 0 Å². The highest BCUT2D eigenvalue weighted by Crippen LogP contribution is 2.53. The Bertz CT molecular complexity index is 789. The highest BCUT2D eigenvalue weighted by Gasteiger charge is 2.56. The van der Waals surface area contributed by atoms with Gasteiger partial charge in [0.05, 0.1) is 5.54 Å². The lowest BCUT2D eigenvalue weighted by Gasteiger charge is -2.52. The Morgan fingerprint density at radius 3 is 2.50 bits per heavy atom. The number of nitrogens with zero attached hydrogens (tertiary/aromatic N) is 1. The first-order chi connectivity index (χ1) is 13.4. The van der Waals surface area contributed by atoms with Crippen LogP contribution in [0.5, 0.6) is 0 Å². The van der Waals surface area contributed by atoms with Gasteiger partial charge in [-0.3, -0.25) is 4.79 Å². The van der Waals surface area contributed by atoms with E-state index in [-0.39, 0.29) is 23.5 Å². The van der Waals surface area contributed by atoms with Gasteiger partial charge in [0.1, 0.15) is 6.61 Å². The van der Waals surface area contributed by atoms with Crippen LogP contribution in [0.1, 0.15) is 68.9 Å². The summed E-state index contributed by atoms with van der Waals surface area (Å²) in [6.07, 6.45) is 4.78. The lowest BCUT2D eigenvalue weighted by molar-refractivity contribution is -0.153. The van der Waals surface area contributed by atoms with Crippen molar-refractivity contribution in [3.8, 4) is 0 Å². The molecule has 5 rings (SSSR count). The number of hydrogen-bond acceptors (Lipinski definition) is 3. The third kappa shape index (κ3) is 2.90. The van der Waals surface area contributed by atoms with Crippen LogP contribution >= 0.6 is 0 Å². The van der Waals surface area contributed by atoms with Crippen molar-refractivity contribution in [3.63, 3.8) is 0 Å². The molecule has 1 atom stereocenters. The van der Waals surface area contributed by atoms with Crippen LogP contribution in [0.2, 0.25) is 0 Å². The lowest BCUT2D eigenvalue weighted by Crippen LogP contribution is -2.63. The molecular formula is C23H30N2O3. The second kappa shape index (κ2) is 6.23. The van der Waals surface area contributed by atoms with Crippen molar-refractivity contribution in [1.29, 1.82) is 0 Å². The minimum atomic E-state index is -0.341. The molecule has 5 nitrogen and oxygen atoms in total. The zero-order valence-corrected chi connectivity index (χ0v) is 16.9. The molecule has 1 aromatic carbocycles. The van der Waals surface area contributed by atoms with Gasteiger partial charge in [0.2, 0.25) is 5.91 Å². The number of hydrogen-bond donors (Lipinski definition) is 1. The van der Waals surface area contributed by atoms with Gasteiger partial charge < -0.3 is 15.0 Å². The van der Waals surface area contributed by atoms with E-state index in [2.05, 4.69) is 48.3 Å². The number of carbonyl (C=O) groups is 2. The molecule has 2 saturated carbocycles. The van der Waals surface area contributed by atoms with E-state index in [1.807, 2.05) is 0 Å². The molecule has 2 aliphatic heterocycles. The van der Waals surface area contributed by atoms with Gasteiger partial charge in [0.15, 0.2) is 0 Å². The Hall–Kier alpha value is -2.04. The molecule has 5 heteroatoms. The Morgan fingerprint density at radius 2 is 1.89 bits per heavy atom. The molecular weight excluding hydrogens is 352 g/mol. The van der Waals surface area contributed by atoms with E-state index in [0.717, 1.165) is 25.9 Å². The maximum absolute atomic E-state index is 12.8. The first-order valence-electron chi connectivity index (χ1n) is 10.7. The Balaban J connectivity index is 1.14. The second-order valence-corrected chi connectivity index (χ2v) is 10.0. The van der Waals surface area contributed by atoms with Crippen molar-refractivity contribution in [2.24, 2.45) is 11.3 Å². The van der Waals surface area contributed by atoms with Gasteiger partial charge in [-0.25, -0.2) is 4.79 Å². The molecule has 2 saturated heterocycles. The highest BCUT2D eigenvalue weighted by atomic mass is 16.6. The van der Waals surface area contributed by atoms with Crippen molar-refractivity contribution in [1.82, 2.24) is 10.2 Å². The summed E-state index contributed by atoms with van der Waals surface area (Å²) in [7, 11) is 0. The van der Waals surface area contributed by atoms with Crippen molar-refractivity contribution < 1.29 is 14.3 Å². The van der Waals surface area contributed by atoms with Crippen LogP contribution in [-0.2, 0) is 9.53 Å². The first kappa shape index (κ1) is 18.0. The number of cyclic esters (lactones) is 1. The van der Waals surface area contributed by atoms with E-state index in [1.165, 1.54) is 30.4 Å². The largest absolute Gasteiger partial charge is 0.447 e. The van der Waals surface area contributed by atoms with Crippen molar-refractivity contribution in [2.75, 3.05) is 19.7 Å². The van der Waals surface area contributed by atoms with Crippen LogP contribution in [0.4, 0.5) is 4.79 Å². The fraction of sp³-hybridized carbons (Fsp3) is 0.652. The fourth-order valence-corrected chi connectivity index (χ4v) is 5.88. The van der Waals surface area contributed by atoms with Gasteiger partial charge in [-0.05, 0) is 55.1 Å². The van der Waals surface area contributed by atoms with Gasteiger partial charge >= 0.3 is 6.09 Å². The lowest BCUT2D eigenvalue weighted by atomic mass is 9.67. The fourth-order valence-electron chi connectivity index (χ4n) is 5.88. The number of rotatable bonds is 3. The molecule has 2 amide bonds. The Morgan fingerprint density at radius 1 is 1.18 bits per heavy atom. The maximum Gasteiger partial charge on any atom is 0.407 e. The Kier molecular flexibility index (Phi) is 4.01. The van der Waals surface area contributed by atoms with Crippen LogP contribution in [0.15, 0.2) is 24.3 Å². The van der Waals surface area contributed by atoms with Crippen LogP contribution in [-0.4, -0.2) is 42.1 Å². The SMILES string of the molecule is CC(C)c1ccc(C2CCC3(C2)CN(C(=O)C2CC4(COC(=O)N4)C2)C3)cc1. The summed E-state index contributed by atoms with van der Waals surface area (Å²) in [5, 5.41) is 2.88. The molecule has 1 aromatic rings. The first-order valence-corrected chi connectivity index (χ1v) is 10.7. The van der Waals surface area contributed by atoms with Crippen LogP contribution < -0.4 is 5.32 Å². The summed E-state index contributed by atoms with van der Waals surface area (Å²) in [6.45, 7) is 6.71. The third-order valence-electron chi connectivity index (χ3n) is 7.61. The molecule has 1 N–H and O–H groups in total. The summed E-state index contributed by atoms with van der Waals surface area (Å²) in [5.74, 6) is 1.54. The maximum atomic E-state index is 12.8. The Labute approximate surface area is 166 Å². The van der Waals surface area contributed by atoms with Gasteiger partial charge in [-0.15, -0.1) is 0 Å². The molecule has 1 unspecified atom stereocenters. The summed E-state index contributed by atoms with van der Waals surface area (Å²) in [4.78, 5) is 26.1. The van der Waals surface area contributed by atoms with Gasteiger partial charge in [-0.1, -0.05) is 38.1 Å². The monoisotopic (exact) mass is 382 g/mol. The summed E-state index contributed by atoms with van der Waals surface area (Å²) >= 11 is 0. The van der Waals surface area contributed by atoms with E-state index in [0.29, 0.717) is 23.9 Å².